The SMILES string of the molecule is CNC(C)C(C)CC(C)C(C)CC(C)NC1CCCCC1. The molecule has 2 N–H and O–H groups in total. The molecule has 5 unspecified atom stereocenters. The predicted octanol–water partition coefficient (Wildman–Crippen LogP) is 4.59. The maximum absolute atomic E-state index is 3.88. The van der Waals surface area contributed by atoms with E-state index in [1.54, 1.807) is 0 Å². The summed E-state index contributed by atoms with van der Waals surface area (Å²) in [6, 6.07) is 2.08. The molecule has 0 heterocycles. The smallest absolute Gasteiger partial charge is 0.00695 e. The first-order valence-corrected chi connectivity index (χ1v) is 9.37. The summed E-state index contributed by atoms with van der Waals surface area (Å²) in [6.07, 6.45) is 9.74. The molecule has 2 heteroatoms. The lowest BCUT2D eigenvalue weighted by atomic mass is 9.82. The molecule has 0 radical (unpaired) electrons. The largest absolute Gasteiger partial charge is 0.317 e. The fraction of sp³-hybridized carbons (Fsp3) is 1.00. The Bertz CT molecular complexity index is 260. The zero-order valence-electron chi connectivity index (χ0n) is 15.4. The molecule has 1 aliphatic carbocycles. The third kappa shape index (κ3) is 7.15. The Kier molecular flexibility index (Phi) is 8.89. The van der Waals surface area contributed by atoms with Gasteiger partial charge in [0.05, 0.1) is 0 Å². The summed E-state index contributed by atoms with van der Waals surface area (Å²) in [5.74, 6) is 2.38. The van der Waals surface area contributed by atoms with E-state index in [1.165, 1.54) is 44.9 Å². The summed E-state index contributed by atoms with van der Waals surface area (Å²) < 4.78 is 0. The first-order valence-electron chi connectivity index (χ1n) is 9.37. The monoisotopic (exact) mass is 296 g/mol. The number of hydrogen-bond acceptors (Lipinski definition) is 2. The first kappa shape index (κ1) is 19.0. The van der Waals surface area contributed by atoms with Gasteiger partial charge in [-0.25, -0.2) is 0 Å². The second-order valence-electron chi connectivity index (χ2n) is 7.88. The zero-order chi connectivity index (χ0) is 15.8. The molecule has 2 nitrogen and oxygen atoms in total. The molecule has 1 aliphatic rings. The summed E-state index contributed by atoms with van der Waals surface area (Å²) >= 11 is 0. The Hall–Kier alpha value is -0.0800. The molecule has 5 atom stereocenters. The summed E-state index contributed by atoms with van der Waals surface area (Å²) in [4.78, 5) is 0. The summed E-state index contributed by atoms with van der Waals surface area (Å²) in [6.45, 7) is 12.0. The van der Waals surface area contributed by atoms with E-state index in [1.807, 2.05) is 0 Å². The lowest BCUT2D eigenvalue weighted by Gasteiger charge is -2.31. The van der Waals surface area contributed by atoms with E-state index in [2.05, 4.69) is 52.3 Å². The van der Waals surface area contributed by atoms with E-state index in [9.17, 15) is 0 Å². The van der Waals surface area contributed by atoms with Gasteiger partial charge in [-0.3, -0.25) is 0 Å². The van der Waals surface area contributed by atoms with Gasteiger partial charge in [0.2, 0.25) is 0 Å². The molecular weight excluding hydrogens is 256 g/mol. The van der Waals surface area contributed by atoms with Crippen LogP contribution in [0.3, 0.4) is 0 Å². The van der Waals surface area contributed by atoms with Crippen LogP contribution in [0.1, 0.15) is 79.6 Å². The van der Waals surface area contributed by atoms with Crippen LogP contribution in [0, 0.1) is 17.8 Å². The molecule has 0 amide bonds. The Morgan fingerprint density at radius 3 is 1.95 bits per heavy atom. The topological polar surface area (TPSA) is 24.1 Å². The van der Waals surface area contributed by atoms with Crippen LogP contribution in [0.15, 0.2) is 0 Å². The molecule has 0 aromatic rings. The Labute approximate surface area is 133 Å². The van der Waals surface area contributed by atoms with Crippen molar-refractivity contribution in [2.75, 3.05) is 7.05 Å². The molecule has 0 aliphatic heterocycles. The van der Waals surface area contributed by atoms with Crippen LogP contribution in [0.25, 0.3) is 0 Å². The van der Waals surface area contributed by atoms with Crippen molar-refractivity contribution in [1.29, 1.82) is 0 Å². The van der Waals surface area contributed by atoms with Crippen molar-refractivity contribution in [2.24, 2.45) is 17.8 Å². The molecule has 1 saturated carbocycles. The minimum atomic E-state index is 0.623. The van der Waals surface area contributed by atoms with E-state index in [4.69, 9.17) is 0 Å². The maximum Gasteiger partial charge on any atom is 0.00695 e. The number of rotatable bonds is 9. The van der Waals surface area contributed by atoms with Gasteiger partial charge in [-0.2, -0.15) is 0 Å². The average Bonchev–Trinajstić information content (AvgIpc) is 2.46. The normalized spacial score (nSPS) is 24.3. The van der Waals surface area contributed by atoms with Gasteiger partial charge in [0.25, 0.3) is 0 Å². The highest BCUT2D eigenvalue weighted by molar-refractivity contribution is 4.78. The molecule has 1 rings (SSSR count). The van der Waals surface area contributed by atoms with Gasteiger partial charge in [0.15, 0.2) is 0 Å². The third-order valence-corrected chi connectivity index (χ3v) is 5.87. The van der Waals surface area contributed by atoms with Crippen LogP contribution in [-0.2, 0) is 0 Å². The highest BCUT2D eigenvalue weighted by Crippen LogP contribution is 2.26. The summed E-state index contributed by atoms with van der Waals surface area (Å²) in [5, 5.41) is 7.27. The molecule has 0 aromatic carbocycles. The lowest BCUT2D eigenvalue weighted by molar-refractivity contribution is 0.242. The minimum Gasteiger partial charge on any atom is -0.317 e. The molecule has 0 aromatic heterocycles. The maximum atomic E-state index is 3.88. The number of hydrogen-bond donors (Lipinski definition) is 2. The average molecular weight is 297 g/mol. The van der Waals surface area contributed by atoms with Crippen LogP contribution in [0.2, 0.25) is 0 Å². The van der Waals surface area contributed by atoms with Gasteiger partial charge < -0.3 is 10.6 Å². The molecular formula is C19H40N2. The van der Waals surface area contributed by atoms with Gasteiger partial charge in [-0.05, 0) is 64.3 Å². The fourth-order valence-corrected chi connectivity index (χ4v) is 3.84. The Morgan fingerprint density at radius 1 is 0.810 bits per heavy atom. The van der Waals surface area contributed by atoms with E-state index in [0.29, 0.717) is 12.1 Å². The predicted molar refractivity (Wildman–Crippen MR) is 94.7 cm³/mol. The highest BCUT2D eigenvalue weighted by Gasteiger charge is 2.22. The quantitative estimate of drug-likeness (QED) is 0.650. The molecule has 0 saturated heterocycles. The van der Waals surface area contributed by atoms with E-state index < -0.39 is 0 Å². The minimum absolute atomic E-state index is 0.623. The standard InChI is InChI=1S/C19H40N2/c1-14(12-16(3)18(5)20-6)15(2)13-17(4)21-19-10-8-7-9-11-19/h14-21H,7-13H2,1-6H3. The number of nitrogens with one attached hydrogen (secondary N) is 2. The van der Waals surface area contributed by atoms with Crippen LogP contribution in [-0.4, -0.2) is 25.2 Å². The lowest BCUT2D eigenvalue weighted by Crippen LogP contribution is -2.39. The van der Waals surface area contributed by atoms with Crippen LogP contribution in [0.4, 0.5) is 0 Å². The van der Waals surface area contributed by atoms with E-state index in [-0.39, 0.29) is 0 Å². The van der Waals surface area contributed by atoms with E-state index in [0.717, 1.165) is 23.8 Å². The van der Waals surface area contributed by atoms with E-state index >= 15 is 0 Å². The van der Waals surface area contributed by atoms with Crippen molar-refractivity contribution in [3.63, 3.8) is 0 Å². The first-order chi connectivity index (χ1) is 9.93. The molecule has 21 heavy (non-hydrogen) atoms. The molecule has 0 spiro atoms. The second kappa shape index (κ2) is 9.84. The van der Waals surface area contributed by atoms with Gasteiger partial charge in [-0.15, -0.1) is 0 Å². The molecule has 126 valence electrons. The van der Waals surface area contributed by atoms with Crippen molar-refractivity contribution < 1.29 is 0 Å². The van der Waals surface area contributed by atoms with Gasteiger partial charge >= 0.3 is 0 Å². The van der Waals surface area contributed by atoms with Crippen molar-refractivity contribution >= 4 is 0 Å². The zero-order valence-corrected chi connectivity index (χ0v) is 15.4. The van der Waals surface area contributed by atoms with Crippen LogP contribution >= 0.6 is 0 Å². The molecule has 0 bridgehead atoms. The Balaban J connectivity index is 2.28. The molecule has 1 fully saturated rings. The van der Waals surface area contributed by atoms with Crippen molar-refractivity contribution in [1.82, 2.24) is 10.6 Å². The van der Waals surface area contributed by atoms with Crippen LogP contribution < -0.4 is 10.6 Å². The van der Waals surface area contributed by atoms with Gasteiger partial charge in [-0.1, -0.05) is 40.0 Å². The highest BCUT2D eigenvalue weighted by atomic mass is 14.9. The summed E-state index contributed by atoms with van der Waals surface area (Å²) in [5.41, 5.74) is 0. The fourth-order valence-electron chi connectivity index (χ4n) is 3.84. The van der Waals surface area contributed by atoms with Crippen molar-refractivity contribution in [3.8, 4) is 0 Å². The second-order valence-corrected chi connectivity index (χ2v) is 7.88. The van der Waals surface area contributed by atoms with Crippen LogP contribution in [0.5, 0.6) is 0 Å². The van der Waals surface area contributed by atoms with Gasteiger partial charge in [0.1, 0.15) is 0 Å². The summed E-state index contributed by atoms with van der Waals surface area (Å²) in [7, 11) is 2.07. The Morgan fingerprint density at radius 2 is 1.38 bits per heavy atom. The van der Waals surface area contributed by atoms with Crippen molar-refractivity contribution in [3.05, 3.63) is 0 Å². The third-order valence-electron chi connectivity index (χ3n) is 5.87. The van der Waals surface area contributed by atoms with Gasteiger partial charge in [0, 0.05) is 18.1 Å². The van der Waals surface area contributed by atoms with Crippen molar-refractivity contribution in [2.45, 2.75) is 97.7 Å².